The number of amides is 3. The van der Waals surface area contributed by atoms with Gasteiger partial charge >= 0.3 is 12.2 Å². The Labute approximate surface area is 144 Å². The third-order valence-corrected chi connectivity index (χ3v) is 4.05. The van der Waals surface area contributed by atoms with E-state index in [2.05, 4.69) is 10.6 Å². The van der Waals surface area contributed by atoms with Crippen LogP contribution in [0.2, 0.25) is 0 Å². The Morgan fingerprint density at radius 2 is 2.00 bits per heavy atom. The molecule has 25 heavy (non-hydrogen) atoms. The van der Waals surface area contributed by atoms with E-state index in [1.165, 1.54) is 11.0 Å². The lowest BCUT2D eigenvalue weighted by Crippen LogP contribution is -2.50. The number of rotatable bonds is 3. The summed E-state index contributed by atoms with van der Waals surface area (Å²) in [5.41, 5.74) is -0.275. The number of likely N-dealkylation sites (tertiary alicyclic amines) is 1. The molecule has 138 valence electrons. The molecule has 1 fully saturated rings. The third kappa shape index (κ3) is 5.37. The average molecular weight is 357 g/mol. The van der Waals surface area contributed by atoms with Crippen molar-refractivity contribution in [1.82, 2.24) is 10.2 Å². The lowest BCUT2D eigenvalue weighted by molar-refractivity contribution is -0.137. The summed E-state index contributed by atoms with van der Waals surface area (Å²) >= 11 is 0. The highest BCUT2D eigenvalue weighted by Gasteiger charge is 2.31. The first-order valence-electron chi connectivity index (χ1n) is 8.23. The number of urea groups is 1. The number of halogens is 3. The fourth-order valence-electron chi connectivity index (χ4n) is 2.83. The molecule has 1 aromatic rings. The van der Waals surface area contributed by atoms with Gasteiger partial charge in [-0.05, 0) is 43.5 Å². The molecule has 2 rings (SSSR count). The smallest absolute Gasteiger partial charge is 0.352 e. The van der Waals surface area contributed by atoms with Gasteiger partial charge in [0.05, 0.1) is 5.56 Å². The number of hydrogen-bond acceptors (Lipinski definition) is 2. The summed E-state index contributed by atoms with van der Waals surface area (Å²) in [6.45, 7) is 4.14. The minimum absolute atomic E-state index is 0.0826. The molecule has 0 spiro atoms. The van der Waals surface area contributed by atoms with E-state index in [1.54, 1.807) is 13.8 Å². The molecule has 1 aliphatic rings. The summed E-state index contributed by atoms with van der Waals surface area (Å²) in [5, 5.41) is 5.37. The Morgan fingerprint density at radius 1 is 1.28 bits per heavy atom. The number of benzene rings is 1. The number of nitrogens with zero attached hydrogens (tertiary/aromatic N) is 1. The van der Waals surface area contributed by atoms with Crippen molar-refractivity contribution in [2.45, 2.75) is 45.3 Å². The molecule has 8 heteroatoms. The molecule has 1 atom stereocenters. The fourth-order valence-corrected chi connectivity index (χ4v) is 2.83. The second kappa shape index (κ2) is 7.76. The maximum atomic E-state index is 12.9. The number of hydrogen-bond donors (Lipinski definition) is 2. The lowest BCUT2D eigenvalue weighted by atomic mass is 10.1. The van der Waals surface area contributed by atoms with Gasteiger partial charge in [0, 0.05) is 31.2 Å². The number of aryl methyl sites for hydroxylation is 1. The SMILES string of the molecule is CCC(=O)N[C@H]1CCCN(C(=O)Nc2cc(C)cc(C(F)(F)F)c2)C1. The van der Waals surface area contributed by atoms with E-state index >= 15 is 0 Å². The Kier molecular flexibility index (Phi) is 5.92. The Balaban J connectivity index is 2.04. The van der Waals surface area contributed by atoms with Crippen molar-refractivity contribution in [2.24, 2.45) is 0 Å². The first kappa shape index (κ1) is 19.1. The predicted molar refractivity (Wildman–Crippen MR) is 88.2 cm³/mol. The van der Waals surface area contributed by atoms with Gasteiger partial charge < -0.3 is 15.5 Å². The maximum absolute atomic E-state index is 12.9. The predicted octanol–water partition coefficient (Wildman–Crippen LogP) is 3.54. The molecule has 0 aromatic heterocycles. The highest BCUT2D eigenvalue weighted by Crippen LogP contribution is 2.32. The van der Waals surface area contributed by atoms with Crippen LogP contribution < -0.4 is 10.6 Å². The van der Waals surface area contributed by atoms with Crippen LogP contribution in [0.5, 0.6) is 0 Å². The van der Waals surface area contributed by atoms with Crippen LogP contribution in [0.1, 0.15) is 37.3 Å². The van der Waals surface area contributed by atoms with Crippen molar-refractivity contribution in [1.29, 1.82) is 0 Å². The monoisotopic (exact) mass is 357 g/mol. The molecule has 0 bridgehead atoms. The topological polar surface area (TPSA) is 61.4 Å². The molecule has 1 aliphatic heterocycles. The van der Waals surface area contributed by atoms with Gasteiger partial charge in [-0.1, -0.05) is 6.92 Å². The number of carbonyl (C=O) groups excluding carboxylic acids is 2. The highest BCUT2D eigenvalue weighted by molar-refractivity contribution is 5.89. The van der Waals surface area contributed by atoms with Crippen LogP contribution in [0.25, 0.3) is 0 Å². The van der Waals surface area contributed by atoms with Crippen LogP contribution in [-0.2, 0) is 11.0 Å². The molecule has 0 radical (unpaired) electrons. The lowest BCUT2D eigenvalue weighted by Gasteiger charge is -2.33. The zero-order chi connectivity index (χ0) is 18.6. The molecule has 2 N–H and O–H groups in total. The summed E-state index contributed by atoms with van der Waals surface area (Å²) in [4.78, 5) is 25.4. The van der Waals surface area contributed by atoms with Gasteiger partial charge in [0.25, 0.3) is 0 Å². The summed E-state index contributed by atoms with van der Waals surface area (Å²) in [6, 6.07) is 2.86. The second-order valence-electron chi connectivity index (χ2n) is 6.22. The highest BCUT2D eigenvalue weighted by atomic mass is 19.4. The van der Waals surface area contributed by atoms with Crippen molar-refractivity contribution in [3.63, 3.8) is 0 Å². The van der Waals surface area contributed by atoms with Crippen molar-refractivity contribution >= 4 is 17.6 Å². The Bertz CT molecular complexity index is 647. The van der Waals surface area contributed by atoms with Gasteiger partial charge in [0.15, 0.2) is 0 Å². The van der Waals surface area contributed by atoms with Gasteiger partial charge in [0.1, 0.15) is 0 Å². The van der Waals surface area contributed by atoms with Crippen LogP contribution in [0, 0.1) is 6.92 Å². The average Bonchev–Trinajstić information content (AvgIpc) is 2.53. The van der Waals surface area contributed by atoms with E-state index in [-0.39, 0.29) is 17.6 Å². The first-order chi connectivity index (χ1) is 11.7. The summed E-state index contributed by atoms with van der Waals surface area (Å²) < 4.78 is 38.6. The van der Waals surface area contributed by atoms with E-state index in [0.717, 1.165) is 25.0 Å². The minimum Gasteiger partial charge on any atom is -0.352 e. The van der Waals surface area contributed by atoms with Crippen LogP contribution >= 0.6 is 0 Å². The van der Waals surface area contributed by atoms with Crippen LogP contribution in [0.15, 0.2) is 18.2 Å². The van der Waals surface area contributed by atoms with E-state index in [1.807, 2.05) is 0 Å². The van der Waals surface area contributed by atoms with Gasteiger partial charge in [0.2, 0.25) is 5.91 Å². The summed E-state index contributed by atoms with van der Waals surface area (Å²) in [6.07, 6.45) is -2.60. The largest absolute Gasteiger partial charge is 0.416 e. The van der Waals surface area contributed by atoms with E-state index in [0.29, 0.717) is 25.1 Å². The molecule has 5 nitrogen and oxygen atoms in total. The minimum atomic E-state index is -4.47. The van der Waals surface area contributed by atoms with Crippen LogP contribution in [-0.4, -0.2) is 36.0 Å². The Hall–Kier alpha value is -2.25. The summed E-state index contributed by atoms with van der Waals surface area (Å²) in [5.74, 6) is -0.0826. The van der Waals surface area contributed by atoms with Crippen molar-refractivity contribution in [2.75, 3.05) is 18.4 Å². The van der Waals surface area contributed by atoms with Gasteiger partial charge in [-0.25, -0.2) is 4.79 Å². The quantitative estimate of drug-likeness (QED) is 0.869. The zero-order valence-corrected chi connectivity index (χ0v) is 14.2. The first-order valence-corrected chi connectivity index (χ1v) is 8.23. The zero-order valence-electron chi connectivity index (χ0n) is 14.2. The van der Waals surface area contributed by atoms with Gasteiger partial charge in [-0.3, -0.25) is 4.79 Å². The molecule has 0 saturated carbocycles. The van der Waals surface area contributed by atoms with Crippen LogP contribution in [0.3, 0.4) is 0 Å². The second-order valence-corrected chi connectivity index (χ2v) is 6.22. The fraction of sp³-hybridized carbons (Fsp3) is 0.529. The number of alkyl halides is 3. The molecular weight excluding hydrogens is 335 g/mol. The van der Waals surface area contributed by atoms with E-state index in [9.17, 15) is 22.8 Å². The normalized spacial score (nSPS) is 18.0. The molecule has 0 aliphatic carbocycles. The van der Waals surface area contributed by atoms with Gasteiger partial charge in [-0.2, -0.15) is 13.2 Å². The maximum Gasteiger partial charge on any atom is 0.416 e. The third-order valence-electron chi connectivity index (χ3n) is 4.05. The van der Waals surface area contributed by atoms with Gasteiger partial charge in [-0.15, -0.1) is 0 Å². The number of carbonyl (C=O) groups is 2. The van der Waals surface area contributed by atoms with E-state index in [4.69, 9.17) is 0 Å². The van der Waals surface area contributed by atoms with Crippen LogP contribution in [0.4, 0.5) is 23.7 Å². The summed E-state index contributed by atoms with van der Waals surface area (Å²) in [7, 11) is 0. The molecule has 1 saturated heterocycles. The molecule has 0 unspecified atom stereocenters. The Morgan fingerprint density at radius 3 is 2.64 bits per heavy atom. The standard InChI is InChI=1S/C17H22F3N3O2/c1-3-15(24)21-13-5-4-6-23(10-13)16(25)22-14-8-11(2)7-12(9-14)17(18,19)20/h7-9,13H,3-6,10H2,1-2H3,(H,21,24)(H,22,25)/t13-/m0/s1. The van der Waals surface area contributed by atoms with Crippen molar-refractivity contribution < 1.29 is 22.8 Å². The molecular formula is C17H22F3N3O2. The molecule has 1 aromatic carbocycles. The van der Waals surface area contributed by atoms with E-state index < -0.39 is 17.8 Å². The van der Waals surface area contributed by atoms with Crippen molar-refractivity contribution in [3.05, 3.63) is 29.3 Å². The number of piperidine rings is 1. The number of nitrogens with one attached hydrogen (secondary N) is 2. The number of anilines is 1. The van der Waals surface area contributed by atoms with Crippen molar-refractivity contribution in [3.8, 4) is 0 Å². The molecule has 3 amide bonds. The molecule has 1 heterocycles.